The van der Waals surface area contributed by atoms with Crippen LogP contribution in [0.15, 0.2) is 24.3 Å². The zero-order valence-corrected chi connectivity index (χ0v) is 12.9. The summed E-state index contributed by atoms with van der Waals surface area (Å²) >= 11 is 0. The van der Waals surface area contributed by atoms with E-state index in [1.165, 1.54) is 0 Å². The van der Waals surface area contributed by atoms with Crippen LogP contribution >= 0.6 is 0 Å². The number of carbonyl (C=O) groups excluding carboxylic acids is 1. The van der Waals surface area contributed by atoms with Crippen molar-refractivity contribution in [3.8, 4) is 0 Å². The van der Waals surface area contributed by atoms with Crippen LogP contribution < -0.4 is 10.2 Å². The molecule has 0 heterocycles. The lowest BCUT2D eigenvalue weighted by Crippen LogP contribution is -2.35. The van der Waals surface area contributed by atoms with E-state index in [2.05, 4.69) is 5.32 Å². The zero-order chi connectivity index (χ0) is 15.8. The smallest absolute Gasteiger partial charge is 0.305 e. The predicted octanol–water partition coefficient (Wildman–Crippen LogP) is 2.19. The summed E-state index contributed by atoms with van der Waals surface area (Å²) in [5.41, 5.74) is 2.06. The Labute approximate surface area is 126 Å². The molecule has 1 aromatic rings. The minimum atomic E-state index is -0.833. The number of carboxylic acid groups (broad SMARTS) is 1. The molecule has 0 spiro atoms. The van der Waals surface area contributed by atoms with E-state index in [1.54, 1.807) is 0 Å². The molecule has 1 amide bonds. The summed E-state index contributed by atoms with van der Waals surface area (Å²) in [6.07, 6.45) is 0.409. The van der Waals surface area contributed by atoms with Gasteiger partial charge in [0.05, 0.1) is 6.42 Å². The number of amides is 1. The van der Waals surface area contributed by atoms with E-state index in [-0.39, 0.29) is 18.4 Å². The van der Waals surface area contributed by atoms with Crippen molar-refractivity contribution < 1.29 is 14.7 Å². The Morgan fingerprint density at radius 3 is 2.38 bits per heavy atom. The van der Waals surface area contributed by atoms with Crippen molar-refractivity contribution in [2.75, 3.05) is 18.0 Å². The highest BCUT2D eigenvalue weighted by Gasteiger charge is 2.13. The summed E-state index contributed by atoms with van der Waals surface area (Å²) in [5, 5.41) is 11.7. The summed E-state index contributed by atoms with van der Waals surface area (Å²) in [6.45, 7) is 6.73. The molecule has 21 heavy (non-hydrogen) atoms. The number of nitrogens with one attached hydrogen (secondary N) is 1. The van der Waals surface area contributed by atoms with Crippen molar-refractivity contribution in [3.05, 3.63) is 29.8 Å². The Bertz CT molecular complexity index is 486. The van der Waals surface area contributed by atoms with Crippen molar-refractivity contribution in [1.29, 1.82) is 0 Å². The molecule has 0 aromatic heterocycles. The summed E-state index contributed by atoms with van der Waals surface area (Å²) in [4.78, 5) is 24.5. The Balaban J connectivity index is 2.71. The molecule has 0 radical (unpaired) electrons. The largest absolute Gasteiger partial charge is 0.481 e. The first-order valence-corrected chi connectivity index (χ1v) is 7.22. The fraction of sp³-hybridized carbons (Fsp3) is 0.500. The molecule has 2 N–H and O–H groups in total. The highest BCUT2D eigenvalue weighted by Crippen LogP contribution is 2.19. The third-order valence-corrected chi connectivity index (χ3v) is 3.11. The third-order valence-electron chi connectivity index (χ3n) is 3.11. The molecule has 0 aliphatic heterocycles. The molecule has 0 saturated carbocycles. The van der Waals surface area contributed by atoms with E-state index < -0.39 is 5.97 Å². The van der Waals surface area contributed by atoms with Crippen molar-refractivity contribution >= 4 is 17.6 Å². The number of anilines is 1. The van der Waals surface area contributed by atoms with Crippen LogP contribution in [0.3, 0.4) is 0 Å². The molecule has 1 rings (SSSR count). The van der Waals surface area contributed by atoms with Gasteiger partial charge in [-0.25, -0.2) is 0 Å². The van der Waals surface area contributed by atoms with Crippen LogP contribution in [-0.2, 0) is 9.59 Å². The lowest BCUT2D eigenvalue weighted by molar-refractivity contribution is -0.136. The Hall–Kier alpha value is -2.04. The Morgan fingerprint density at radius 2 is 1.81 bits per heavy atom. The lowest BCUT2D eigenvalue weighted by atomic mass is 10.1. The number of nitrogens with zero attached hydrogens (tertiary/aromatic N) is 1. The number of carbonyl (C=O) groups is 2. The number of hydrogen-bond donors (Lipinski definition) is 2. The highest BCUT2D eigenvalue weighted by atomic mass is 16.4. The van der Waals surface area contributed by atoms with Gasteiger partial charge in [0, 0.05) is 31.2 Å². The van der Waals surface area contributed by atoms with Gasteiger partial charge in [-0.1, -0.05) is 18.2 Å². The van der Waals surface area contributed by atoms with Crippen LogP contribution in [0.2, 0.25) is 0 Å². The van der Waals surface area contributed by atoms with Gasteiger partial charge in [-0.3, -0.25) is 9.59 Å². The number of aliphatic carboxylic acids is 1. The second-order valence-corrected chi connectivity index (χ2v) is 5.39. The normalized spacial score (nSPS) is 10.5. The van der Waals surface area contributed by atoms with Gasteiger partial charge in [0.2, 0.25) is 5.91 Å². The van der Waals surface area contributed by atoms with Crippen molar-refractivity contribution in [3.63, 3.8) is 0 Å². The molecular formula is C16H24N2O3. The van der Waals surface area contributed by atoms with Crippen LogP contribution in [-0.4, -0.2) is 36.1 Å². The topological polar surface area (TPSA) is 69.6 Å². The Kier molecular flexibility index (Phi) is 6.72. The summed E-state index contributed by atoms with van der Waals surface area (Å²) < 4.78 is 0. The number of para-hydroxylation sites is 1. The standard InChI is InChI=1S/C16H24N2O3/c1-12(2)17-15(19)8-10-18(11-9-16(20)21)14-7-5-4-6-13(14)3/h4-7,12H,8-11H2,1-3H3,(H,17,19)(H,20,21). The van der Waals surface area contributed by atoms with Gasteiger partial charge < -0.3 is 15.3 Å². The monoisotopic (exact) mass is 292 g/mol. The maximum atomic E-state index is 11.8. The summed E-state index contributed by atoms with van der Waals surface area (Å²) in [5.74, 6) is -0.848. The summed E-state index contributed by atoms with van der Waals surface area (Å²) in [6, 6.07) is 7.92. The minimum Gasteiger partial charge on any atom is -0.481 e. The van der Waals surface area contributed by atoms with Crippen molar-refractivity contribution in [1.82, 2.24) is 5.32 Å². The van der Waals surface area contributed by atoms with E-state index >= 15 is 0 Å². The molecule has 116 valence electrons. The molecule has 0 fully saturated rings. The molecule has 0 bridgehead atoms. The van der Waals surface area contributed by atoms with Crippen LogP contribution in [0.25, 0.3) is 0 Å². The SMILES string of the molecule is Cc1ccccc1N(CCC(=O)O)CCC(=O)NC(C)C. The predicted molar refractivity (Wildman–Crippen MR) is 83.5 cm³/mol. The van der Waals surface area contributed by atoms with Crippen molar-refractivity contribution in [2.45, 2.75) is 39.7 Å². The first-order chi connectivity index (χ1) is 9.90. The quantitative estimate of drug-likeness (QED) is 0.770. The first-order valence-electron chi connectivity index (χ1n) is 7.22. The Morgan fingerprint density at radius 1 is 1.19 bits per heavy atom. The van der Waals surface area contributed by atoms with E-state index in [4.69, 9.17) is 5.11 Å². The maximum Gasteiger partial charge on any atom is 0.305 e. The molecular weight excluding hydrogens is 268 g/mol. The van der Waals surface area contributed by atoms with Crippen LogP contribution in [0.4, 0.5) is 5.69 Å². The fourth-order valence-electron chi connectivity index (χ4n) is 2.13. The first kappa shape index (κ1) is 17.0. The third kappa shape index (κ3) is 6.29. The molecule has 1 aromatic carbocycles. The average molecular weight is 292 g/mol. The van der Waals surface area contributed by atoms with E-state index in [0.717, 1.165) is 11.3 Å². The number of rotatable bonds is 8. The van der Waals surface area contributed by atoms with Gasteiger partial charge >= 0.3 is 5.97 Å². The van der Waals surface area contributed by atoms with E-state index in [9.17, 15) is 9.59 Å². The molecule has 0 aliphatic rings. The minimum absolute atomic E-state index is 0.0149. The number of aryl methyl sites for hydroxylation is 1. The number of hydrogen-bond acceptors (Lipinski definition) is 3. The van der Waals surface area contributed by atoms with Gasteiger partial charge in [-0.15, -0.1) is 0 Å². The van der Waals surface area contributed by atoms with Gasteiger partial charge in [0.25, 0.3) is 0 Å². The summed E-state index contributed by atoms with van der Waals surface area (Å²) in [7, 11) is 0. The fourth-order valence-corrected chi connectivity index (χ4v) is 2.13. The van der Waals surface area contributed by atoms with E-state index in [0.29, 0.717) is 19.5 Å². The average Bonchev–Trinajstić information content (AvgIpc) is 2.39. The second-order valence-electron chi connectivity index (χ2n) is 5.39. The maximum absolute atomic E-state index is 11.8. The molecule has 0 aliphatic carbocycles. The molecule has 0 unspecified atom stereocenters. The molecule has 5 nitrogen and oxygen atoms in total. The van der Waals surface area contributed by atoms with Gasteiger partial charge in [-0.2, -0.15) is 0 Å². The second kappa shape index (κ2) is 8.29. The van der Waals surface area contributed by atoms with Gasteiger partial charge in [0.1, 0.15) is 0 Å². The molecule has 5 heteroatoms. The van der Waals surface area contributed by atoms with Crippen LogP contribution in [0, 0.1) is 6.92 Å². The van der Waals surface area contributed by atoms with E-state index in [1.807, 2.05) is 49.9 Å². The van der Waals surface area contributed by atoms with Gasteiger partial charge in [-0.05, 0) is 32.4 Å². The highest BCUT2D eigenvalue weighted by molar-refractivity contribution is 5.77. The number of benzene rings is 1. The van der Waals surface area contributed by atoms with Crippen LogP contribution in [0.5, 0.6) is 0 Å². The van der Waals surface area contributed by atoms with Gasteiger partial charge in [0.15, 0.2) is 0 Å². The van der Waals surface area contributed by atoms with Crippen molar-refractivity contribution in [2.24, 2.45) is 0 Å². The number of carboxylic acids is 1. The zero-order valence-electron chi connectivity index (χ0n) is 12.9. The van der Waals surface area contributed by atoms with Crippen LogP contribution in [0.1, 0.15) is 32.3 Å². The molecule has 0 saturated heterocycles. The molecule has 0 atom stereocenters. The lowest BCUT2D eigenvalue weighted by Gasteiger charge is -2.26.